The topological polar surface area (TPSA) is 77.7 Å². The molecule has 0 aliphatic carbocycles. The van der Waals surface area contributed by atoms with Crippen molar-refractivity contribution in [2.24, 2.45) is 0 Å². The summed E-state index contributed by atoms with van der Waals surface area (Å²) >= 11 is 6.13. The monoisotopic (exact) mass is 467 g/mol. The van der Waals surface area contributed by atoms with Crippen LogP contribution in [0.3, 0.4) is 0 Å². The van der Waals surface area contributed by atoms with Gasteiger partial charge < -0.3 is 9.97 Å². The first-order chi connectivity index (χ1) is 16.7. The van der Waals surface area contributed by atoms with Gasteiger partial charge in [-0.15, -0.1) is 0 Å². The first kappa shape index (κ1) is 20.8. The van der Waals surface area contributed by atoms with Gasteiger partial charge in [0.05, 0.1) is 17.0 Å². The normalized spacial score (nSPS) is 13.8. The fraction of sp³-hybridized carbons (Fsp3) is 0.148. The van der Waals surface area contributed by atoms with Crippen molar-refractivity contribution < 1.29 is 0 Å². The highest BCUT2D eigenvalue weighted by Crippen LogP contribution is 2.33. The van der Waals surface area contributed by atoms with Gasteiger partial charge in [0.2, 0.25) is 0 Å². The molecular weight excluding hydrogens is 446 g/mol. The maximum Gasteiger partial charge on any atom is 0.255 e. The summed E-state index contributed by atoms with van der Waals surface area (Å²) in [5.74, 6) is 0.598. The highest BCUT2D eigenvalue weighted by Gasteiger charge is 2.24. The van der Waals surface area contributed by atoms with Crippen LogP contribution in [-0.2, 0) is 19.5 Å². The van der Waals surface area contributed by atoms with Gasteiger partial charge in [-0.1, -0.05) is 41.9 Å². The lowest BCUT2D eigenvalue weighted by atomic mass is 10.0. The maximum absolute atomic E-state index is 13.0. The Morgan fingerprint density at radius 2 is 1.74 bits per heavy atom. The second-order valence-corrected chi connectivity index (χ2v) is 9.00. The van der Waals surface area contributed by atoms with Crippen LogP contribution in [0.15, 0.2) is 77.9 Å². The van der Waals surface area contributed by atoms with Crippen LogP contribution in [0.1, 0.15) is 16.8 Å². The zero-order valence-corrected chi connectivity index (χ0v) is 19.1. The summed E-state index contributed by atoms with van der Waals surface area (Å²) in [6.45, 7) is 2.12. The Labute approximate surface area is 201 Å². The molecule has 0 amide bonds. The third-order valence-electron chi connectivity index (χ3n) is 6.43. The van der Waals surface area contributed by atoms with Crippen molar-refractivity contribution >= 4 is 22.5 Å². The van der Waals surface area contributed by atoms with Crippen molar-refractivity contribution in [2.45, 2.75) is 19.5 Å². The van der Waals surface area contributed by atoms with Crippen LogP contribution in [0.2, 0.25) is 5.02 Å². The number of aromatic nitrogens is 4. The molecule has 1 aliphatic rings. The van der Waals surface area contributed by atoms with Gasteiger partial charge in [0, 0.05) is 59.9 Å². The number of hydrogen-bond donors (Lipinski definition) is 2. The lowest BCUT2D eigenvalue weighted by Crippen LogP contribution is -2.35. The van der Waals surface area contributed by atoms with E-state index in [0.717, 1.165) is 53.1 Å². The lowest BCUT2D eigenvalue weighted by molar-refractivity contribution is 0.243. The van der Waals surface area contributed by atoms with Crippen LogP contribution in [-0.4, -0.2) is 31.4 Å². The van der Waals surface area contributed by atoms with Gasteiger partial charge in [-0.3, -0.25) is 14.7 Å². The molecule has 1 aliphatic heterocycles. The summed E-state index contributed by atoms with van der Waals surface area (Å²) in [6.07, 6.45) is 4.14. The van der Waals surface area contributed by atoms with Gasteiger partial charge in [-0.05, 0) is 41.5 Å². The van der Waals surface area contributed by atoms with E-state index in [0.29, 0.717) is 17.4 Å². The van der Waals surface area contributed by atoms with E-state index in [9.17, 15) is 4.79 Å². The number of benzene rings is 2. The largest absolute Gasteiger partial charge is 0.354 e. The van der Waals surface area contributed by atoms with Crippen LogP contribution in [0.4, 0.5) is 0 Å². The molecular formula is C27H22ClN5O. The smallest absolute Gasteiger partial charge is 0.255 e. The summed E-state index contributed by atoms with van der Waals surface area (Å²) in [7, 11) is 0. The quantitative estimate of drug-likeness (QED) is 0.381. The van der Waals surface area contributed by atoms with Crippen molar-refractivity contribution in [3.8, 4) is 22.6 Å². The molecule has 0 atom stereocenters. The number of para-hydroxylation sites is 1. The van der Waals surface area contributed by atoms with Gasteiger partial charge in [0.25, 0.3) is 5.56 Å². The summed E-state index contributed by atoms with van der Waals surface area (Å²) in [5.41, 5.74) is 6.92. The average molecular weight is 468 g/mol. The summed E-state index contributed by atoms with van der Waals surface area (Å²) in [5, 5.41) is 1.91. The average Bonchev–Trinajstić information content (AvgIpc) is 3.23. The SMILES string of the molecule is O=c1[nH]c(-c2ccncc2)nc2c1CN(Cc1c(-c3ccc(Cl)cc3)[nH]c3ccccc13)CC2. The minimum absolute atomic E-state index is 0.0710. The molecule has 7 heteroatoms. The van der Waals surface area contributed by atoms with Gasteiger partial charge >= 0.3 is 0 Å². The van der Waals surface area contributed by atoms with Crippen molar-refractivity contribution in [3.05, 3.63) is 105 Å². The fourth-order valence-electron chi connectivity index (χ4n) is 4.71. The number of halogens is 1. The Bertz CT molecular complexity index is 1540. The molecule has 34 heavy (non-hydrogen) atoms. The van der Waals surface area contributed by atoms with E-state index in [1.54, 1.807) is 12.4 Å². The molecule has 0 saturated heterocycles. The maximum atomic E-state index is 13.0. The molecule has 4 heterocycles. The predicted octanol–water partition coefficient (Wildman–Crippen LogP) is 5.19. The number of H-pyrrole nitrogens is 2. The molecule has 0 bridgehead atoms. The first-order valence-electron chi connectivity index (χ1n) is 11.3. The molecule has 0 unspecified atom stereocenters. The molecule has 0 fully saturated rings. The van der Waals surface area contributed by atoms with E-state index in [-0.39, 0.29) is 5.56 Å². The van der Waals surface area contributed by atoms with Gasteiger partial charge in [0.15, 0.2) is 0 Å². The van der Waals surface area contributed by atoms with Gasteiger partial charge in [0.1, 0.15) is 5.82 Å². The summed E-state index contributed by atoms with van der Waals surface area (Å²) in [6, 6.07) is 20.0. The Morgan fingerprint density at radius 1 is 0.941 bits per heavy atom. The Balaban J connectivity index is 1.34. The molecule has 0 spiro atoms. The third kappa shape index (κ3) is 3.81. The molecule has 0 saturated carbocycles. The second-order valence-electron chi connectivity index (χ2n) is 8.57. The minimum Gasteiger partial charge on any atom is -0.354 e. The Kier molecular flexibility index (Phi) is 5.24. The zero-order chi connectivity index (χ0) is 23.1. The highest BCUT2D eigenvalue weighted by molar-refractivity contribution is 6.30. The zero-order valence-electron chi connectivity index (χ0n) is 18.4. The highest BCUT2D eigenvalue weighted by atomic mass is 35.5. The minimum atomic E-state index is -0.0710. The van der Waals surface area contributed by atoms with E-state index >= 15 is 0 Å². The van der Waals surface area contributed by atoms with Crippen molar-refractivity contribution in [1.82, 2.24) is 24.8 Å². The van der Waals surface area contributed by atoms with Crippen molar-refractivity contribution in [2.75, 3.05) is 6.54 Å². The fourth-order valence-corrected chi connectivity index (χ4v) is 4.84. The molecule has 3 aromatic heterocycles. The Hall–Kier alpha value is -3.74. The van der Waals surface area contributed by atoms with E-state index in [4.69, 9.17) is 16.6 Å². The van der Waals surface area contributed by atoms with E-state index < -0.39 is 0 Å². The standard InChI is InChI=1S/C27H22ClN5O/c28-19-7-5-17(6-8-19)25-21(20-3-1-2-4-23(20)30-25)15-33-14-11-24-22(16-33)27(34)32-26(31-24)18-9-12-29-13-10-18/h1-10,12-13,30H,11,14-16H2,(H,31,32,34). The van der Waals surface area contributed by atoms with Crippen LogP contribution >= 0.6 is 11.6 Å². The summed E-state index contributed by atoms with van der Waals surface area (Å²) in [4.78, 5) is 30.7. The molecule has 0 radical (unpaired) electrons. The Morgan fingerprint density at radius 3 is 2.56 bits per heavy atom. The number of rotatable bonds is 4. The number of pyridine rings is 1. The molecule has 2 aromatic carbocycles. The third-order valence-corrected chi connectivity index (χ3v) is 6.68. The van der Waals surface area contributed by atoms with Crippen LogP contribution in [0.5, 0.6) is 0 Å². The van der Waals surface area contributed by atoms with Crippen molar-refractivity contribution in [3.63, 3.8) is 0 Å². The molecule has 5 aromatic rings. The summed E-state index contributed by atoms with van der Waals surface area (Å²) < 4.78 is 0. The van der Waals surface area contributed by atoms with E-state index in [1.165, 1.54) is 10.9 Å². The van der Waals surface area contributed by atoms with Gasteiger partial charge in [-0.25, -0.2) is 4.98 Å². The van der Waals surface area contributed by atoms with Gasteiger partial charge in [-0.2, -0.15) is 0 Å². The lowest BCUT2D eigenvalue weighted by Gasteiger charge is -2.28. The van der Waals surface area contributed by atoms with E-state index in [1.807, 2.05) is 42.5 Å². The number of aromatic amines is 2. The number of nitrogens with one attached hydrogen (secondary N) is 2. The molecule has 2 N–H and O–H groups in total. The number of hydrogen-bond acceptors (Lipinski definition) is 4. The van der Waals surface area contributed by atoms with Crippen molar-refractivity contribution in [1.29, 1.82) is 0 Å². The second kappa shape index (κ2) is 8.56. The van der Waals surface area contributed by atoms with E-state index in [2.05, 4.69) is 38.1 Å². The molecule has 168 valence electrons. The molecule has 6 rings (SSSR count). The predicted molar refractivity (Wildman–Crippen MR) is 135 cm³/mol. The van der Waals surface area contributed by atoms with Crippen LogP contribution in [0, 0.1) is 0 Å². The molecule has 6 nitrogen and oxygen atoms in total. The van der Waals surface area contributed by atoms with Crippen LogP contribution in [0.25, 0.3) is 33.5 Å². The number of fused-ring (bicyclic) bond motifs is 2. The van der Waals surface area contributed by atoms with Crippen LogP contribution < -0.4 is 5.56 Å². The first-order valence-corrected chi connectivity index (χ1v) is 11.6. The number of nitrogens with zero attached hydrogens (tertiary/aromatic N) is 3.